The second-order valence-corrected chi connectivity index (χ2v) is 9.02. The van der Waals surface area contributed by atoms with Gasteiger partial charge in [0.25, 0.3) is 11.8 Å². The van der Waals surface area contributed by atoms with Crippen molar-refractivity contribution in [2.75, 3.05) is 27.7 Å². The number of para-hydroxylation sites is 1. The van der Waals surface area contributed by atoms with E-state index in [0.29, 0.717) is 37.3 Å². The van der Waals surface area contributed by atoms with Gasteiger partial charge in [-0.1, -0.05) is 30.3 Å². The molecule has 8 heteroatoms. The number of rotatable bonds is 6. The maximum absolute atomic E-state index is 13.4. The van der Waals surface area contributed by atoms with Crippen LogP contribution in [-0.4, -0.2) is 64.1 Å². The first-order chi connectivity index (χ1) is 17.0. The van der Waals surface area contributed by atoms with E-state index in [0.717, 1.165) is 34.3 Å². The average molecular weight is 472 g/mol. The van der Waals surface area contributed by atoms with Gasteiger partial charge in [0.1, 0.15) is 5.75 Å². The van der Waals surface area contributed by atoms with E-state index in [-0.39, 0.29) is 11.8 Å². The van der Waals surface area contributed by atoms with Crippen molar-refractivity contribution in [3.8, 4) is 5.75 Å². The fraction of sp³-hybridized carbons (Fsp3) is 0.296. The Kier molecular flexibility index (Phi) is 6.03. The highest BCUT2D eigenvalue weighted by atomic mass is 16.5. The number of aromatic nitrogens is 3. The van der Waals surface area contributed by atoms with Crippen molar-refractivity contribution >= 4 is 22.7 Å². The monoisotopic (exact) mass is 471 g/mol. The van der Waals surface area contributed by atoms with E-state index < -0.39 is 0 Å². The summed E-state index contributed by atoms with van der Waals surface area (Å²) in [4.78, 5) is 33.0. The Balaban J connectivity index is 1.42. The van der Waals surface area contributed by atoms with Crippen molar-refractivity contribution in [3.05, 3.63) is 82.8 Å². The molecule has 0 unspecified atom stereocenters. The highest BCUT2D eigenvalue weighted by molar-refractivity contribution is 6.06. The van der Waals surface area contributed by atoms with Crippen molar-refractivity contribution in [2.24, 2.45) is 0 Å². The van der Waals surface area contributed by atoms with Crippen LogP contribution in [0.5, 0.6) is 5.75 Å². The molecule has 0 saturated carbocycles. The number of hydrogen-bond acceptors (Lipinski definition) is 4. The maximum atomic E-state index is 13.4. The van der Waals surface area contributed by atoms with E-state index in [1.807, 2.05) is 58.1 Å². The molecular formula is C27H29N5O3. The fourth-order valence-corrected chi connectivity index (χ4v) is 4.68. The molecule has 0 aliphatic carbocycles. The molecule has 2 aromatic carbocycles. The summed E-state index contributed by atoms with van der Waals surface area (Å²) in [6.45, 7) is 1.60. The predicted molar refractivity (Wildman–Crippen MR) is 134 cm³/mol. The first-order valence-corrected chi connectivity index (χ1v) is 11.7. The zero-order valence-electron chi connectivity index (χ0n) is 20.2. The summed E-state index contributed by atoms with van der Waals surface area (Å²) in [5, 5.41) is 5.63. The van der Waals surface area contributed by atoms with Gasteiger partial charge in [0.15, 0.2) is 5.69 Å². The van der Waals surface area contributed by atoms with Crippen molar-refractivity contribution in [1.82, 2.24) is 24.6 Å². The number of hydrogen-bond donors (Lipinski definition) is 1. The van der Waals surface area contributed by atoms with Crippen LogP contribution < -0.4 is 4.74 Å². The minimum Gasteiger partial charge on any atom is -0.497 e. The standard InChI is InChI=1S/C27H29N5O3/c1-30(2)27(34)25-22-17-31(26(33)21-16-28-23-7-5-4-6-20(21)23)14-13-24(22)32(29-25)15-12-18-8-10-19(35-3)11-9-18/h4-11,16,28H,12-15,17H2,1-3H3. The number of carbonyl (C=O) groups is 2. The van der Waals surface area contributed by atoms with Crippen LogP contribution in [0.1, 0.15) is 37.7 Å². The highest BCUT2D eigenvalue weighted by Gasteiger charge is 2.31. The quantitative estimate of drug-likeness (QED) is 0.467. The summed E-state index contributed by atoms with van der Waals surface area (Å²) in [6.07, 6.45) is 3.21. The van der Waals surface area contributed by atoms with Crippen LogP contribution in [0.25, 0.3) is 10.9 Å². The molecule has 180 valence electrons. The average Bonchev–Trinajstić information content (AvgIpc) is 3.48. The first kappa shape index (κ1) is 22.7. The number of methoxy groups -OCH3 is 1. The third kappa shape index (κ3) is 4.27. The number of aryl methyl sites for hydroxylation is 2. The van der Waals surface area contributed by atoms with E-state index in [9.17, 15) is 9.59 Å². The van der Waals surface area contributed by atoms with Gasteiger partial charge in [-0.25, -0.2) is 0 Å². The van der Waals surface area contributed by atoms with Crippen LogP contribution in [0.15, 0.2) is 54.7 Å². The molecule has 5 rings (SSSR count). The van der Waals surface area contributed by atoms with Crippen LogP contribution in [-0.2, 0) is 25.9 Å². The molecule has 0 radical (unpaired) electrons. The molecule has 2 amide bonds. The molecule has 35 heavy (non-hydrogen) atoms. The number of H-pyrrole nitrogens is 1. The molecule has 0 bridgehead atoms. The van der Waals surface area contributed by atoms with Crippen LogP contribution in [0, 0.1) is 0 Å². The molecular weight excluding hydrogens is 442 g/mol. The Morgan fingerprint density at radius 1 is 1.11 bits per heavy atom. The number of ether oxygens (including phenoxy) is 1. The van der Waals surface area contributed by atoms with Gasteiger partial charge in [0, 0.05) is 62.0 Å². The SMILES string of the molecule is COc1ccc(CCn2nc(C(=O)N(C)C)c3c2CCN(C(=O)c2c[nH]c4ccccc24)C3)cc1. The topological polar surface area (TPSA) is 83.5 Å². The van der Waals surface area contributed by atoms with Crippen molar-refractivity contribution in [3.63, 3.8) is 0 Å². The Hall–Kier alpha value is -4.07. The molecule has 3 heterocycles. The van der Waals surface area contributed by atoms with Gasteiger partial charge in [-0.15, -0.1) is 0 Å². The summed E-state index contributed by atoms with van der Waals surface area (Å²) in [5.74, 6) is 0.636. The highest BCUT2D eigenvalue weighted by Crippen LogP contribution is 2.27. The molecule has 0 spiro atoms. The molecule has 4 aromatic rings. The van der Waals surface area contributed by atoms with Crippen LogP contribution in [0.4, 0.5) is 0 Å². The van der Waals surface area contributed by atoms with Gasteiger partial charge in [-0.05, 0) is 30.2 Å². The Morgan fingerprint density at radius 3 is 2.63 bits per heavy atom. The Bertz CT molecular complexity index is 1380. The van der Waals surface area contributed by atoms with Crippen LogP contribution in [0.3, 0.4) is 0 Å². The summed E-state index contributed by atoms with van der Waals surface area (Å²) in [6, 6.07) is 15.8. The number of nitrogens with one attached hydrogen (secondary N) is 1. The van der Waals surface area contributed by atoms with Gasteiger partial charge in [0.05, 0.1) is 19.2 Å². The first-order valence-electron chi connectivity index (χ1n) is 11.7. The second-order valence-electron chi connectivity index (χ2n) is 9.02. The summed E-state index contributed by atoms with van der Waals surface area (Å²) in [5.41, 5.74) is 5.06. The normalized spacial score (nSPS) is 13.1. The second kappa shape index (κ2) is 9.29. The van der Waals surface area contributed by atoms with Gasteiger partial charge in [0.2, 0.25) is 0 Å². The number of carbonyl (C=O) groups excluding carboxylic acids is 2. The largest absolute Gasteiger partial charge is 0.497 e. The predicted octanol–water partition coefficient (Wildman–Crippen LogP) is 3.52. The fourth-order valence-electron chi connectivity index (χ4n) is 4.68. The van der Waals surface area contributed by atoms with Crippen LogP contribution >= 0.6 is 0 Å². The van der Waals surface area contributed by atoms with Gasteiger partial charge in [-0.2, -0.15) is 5.10 Å². The molecule has 2 aromatic heterocycles. The number of benzene rings is 2. The lowest BCUT2D eigenvalue weighted by Crippen LogP contribution is -2.37. The smallest absolute Gasteiger partial charge is 0.274 e. The van der Waals surface area contributed by atoms with E-state index in [4.69, 9.17) is 9.84 Å². The van der Waals surface area contributed by atoms with Gasteiger partial charge in [-0.3, -0.25) is 14.3 Å². The Labute approximate surface area is 204 Å². The summed E-state index contributed by atoms with van der Waals surface area (Å²) >= 11 is 0. The molecule has 1 N–H and O–H groups in total. The molecule has 0 fully saturated rings. The zero-order chi connectivity index (χ0) is 24.5. The lowest BCUT2D eigenvalue weighted by atomic mass is 10.0. The summed E-state index contributed by atoms with van der Waals surface area (Å²) < 4.78 is 7.19. The van der Waals surface area contributed by atoms with Gasteiger partial charge < -0.3 is 19.5 Å². The van der Waals surface area contributed by atoms with E-state index >= 15 is 0 Å². The maximum Gasteiger partial charge on any atom is 0.274 e. The van der Waals surface area contributed by atoms with Crippen molar-refractivity contribution in [2.45, 2.75) is 25.9 Å². The number of fused-ring (bicyclic) bond motifs is 2. The van der Waals surface area contributed by atoms with Crippen molar-refractivity contribution < 1.29 is 14.3 Å². The van der Waals surface area contributed by atoms with Gasteiger partial charge >= 0.3 is 0 Å². The third-order valence-electron chi connectivity index (χ3n) is 6.62. The third-order valence-corrected chi connectivity index (χ3v) is 6.62. The van der Waals surface area contributed by atoms with Crippen LogP contribution in [0.2, 0.25) is 0 Å². The summed E-state index contributed by atoms with van der Waals surface area (Å²) in [7, 11) is 5.10. The lowest BCUT2D eigenvalue weighted by molar-refractivity contribution is 0.0728. The molecule has 1 aliphatic heterocycles. The number of amides is 2. The molecule has 1 aliphatic rings. The van der Waals surface area contributed by atoms with E-state index in [2.05, 4.69) is 4.98 Å². The molecule has 0 saturated heterocycles. The minimum absolute atomic E-state index is 0.0395. The lowest BCUT2D eigenvalue weighted by Gasteiger charge is -2.28. The zero-order valence-corrected chi connectivity index (χ0v) is 20.2. The van der Waals surface area contributed by atoms with E-state index in [1.165, 1.54) is 10.5 Å². The molecule has 0 atom stereocenters. The van der Waals surface area contributed by atoms with Crippen molar-refractivity contribution in [1.29, 1.82) is 0 Å². The minimum atomic E-state index is -0.147. The van der Waals surface area contributed by atoms with E-state index in [1.54, 1.807) is 27.4 Å². The number of nitrogens with zero attached hydrogens (tertiary/aromatic N) is 4. The molecule has 8 nitrogen and oxygen atoms in total. The number of aromatic amines is 1. The Morgan fingerprint density at radius 2 is 1.89 bits per heavy atom.